The molecule has 1 atom stereocenters. The van der Waals surface area contributed by atoms with Gasteiger partial charge in [-0.2, -0.15) is 0 Å². The fraction of sp³-hybridized carbons (Fsp3) is 0.364. The van der Waals surface area contributed by atoms with E-state index in [9.17, 15) is 4.79 Å². The Bertz CT molecular complexity index is 339. The molecule has 0 radical (unpaired) electrons. The van der Waals surface area contributed by atoms with E-state index in [0.29, 0.717) is 6.42 Å². The molecule has 0 aliphatic carbocycles. The second-order valence-corrected chi connectivity index (χ2v) is 4.59. The number of amides is 1. The Morgan fingerprint density at radius 1 is 1.53 bits per heavy atom. The van der Waals surface area contributed by atoms with Crippen molar-refractivity contribution in [1.82, 2.24) is 0 Å². The predicted octanol–water partition coefficient (Wildman–Crippen LogP) is 1.67. The van der Waals surface area contributed by atoms with E-state index in [0.717, 1.165) is 16.2 Å². The summed E-state index contributed by atoms with van der Waals surface area (Å²) in [6.45, 7) is 1.95. The number of rotatable bonds is 5. The quantitative estimate of drug-likeness (QED) is 0.747. The molecule has 1 unspecified atom stereocenters. The van der Waals surface area contributed by atoms with E-state index >= 15 is 0 Å². The van der Waals surface area contributed by atoms with E-state index < -0.39 is 0 Å². The zero-order chi connectivity index (χ0) is 11.3. The lowest BCUT2D eigenvalue weighted by atomic mass is 10.1. The molecule has 0 bridgehead atoms. The van der Waals surface area contributed by atoms with Gasteiger partial charge in [-0.25, -0.2) is 0 Å². The summed E-state index contributed by atoms with van der Waals surface area (Å²) in [6, 6.07) is 8.09. The van der Waals surface area contributed by atoms with Gasteiger partial charge in [0.15, 0.2) is 0 Å². The van der Waals surface area contributed by atoms with Gasteiger partial charge in [0.05, 0.1) is 0 Å². The monoisotopic (exact) mass is 224 g/mol. The Morgan fingerprint density at radius 3 is 2.87 bits per heavy atom. The zero-order valence-electron chi connectivity index (χ0n) is 8.77. The van der Waals surface area contributed by atoms with Crippen molar-refractivity contribution in [1.29, 1.82) is 0 Å². The van der Waals surface area contributed by atoms with Gasteiger partial charge in [0, 0.05) is 23.1 Å². The van der Waals surface area contributed by atoms with Gasteiger partial charge in [-0.1, -0.05) is 12.1 Å². The van der Waals surface area contributed by atoms with Crippen LogP contribution in [0.25, 0.3) is 0 Å². The van der Waals surface area contributed by atoms with E-state index in [1.807, 2.05) is 25.1 Å². The lowest BCUT2D eigenvalue weighted by molar-refractivity contribution is -0.117. The average Bonchev–Trinajstić information content (AvgIpc) is 2.17. The van der Waals surface area contributed by atoms with Crippen LogP contribution in [0, 0.1) is 0 Å². The molecule has 3 nitrogen and oxygen atoms in total. The number of primary amides is 1. The molecule has 1 amide bonds. The lowest BCUT2D eigenvalue weighted by Gasteiger charge is -2.07. The number of carbonyl (C=O) groups excluding carboxylic acids is 1. The van der Waals surface area contributed by atoms with Gasteiger partial charge in [0.25, 0.3) is 0 Å². The van der Waals surface area contributed by atoms with E-state index in [4.69, 9.17) is 11.5 Å². The third-order valence-corrected chi connectivity index (χ3v) is 3.00. The van der Waals surface area contributed by atoms with E-state index in [2.05, 4.69) is 6.07 Å². The summed E-state index contributed by atoms with van der Waals surface area (Å²) in [5, 5.41) is 0. The highest BCUT2D eigenvalue weighted by molar-refractivity contribution is 7.99. The summed E-state index contributed by atoms with van der Waals surface area (Å²) in [7, 11) is 0. The van der Waals surface area contributed by atoms with Crippen molar-refractivity contribution >= 4 is 17.7 Å². The van der Waals surface area contributed by atoms with Gasteiger partial charge in [-0.05, 0) is 24.6 Å². The first-order chi connectivity index (χ1) is 7.09. The van der Waals surface area contributed by atoms with Crippen molar-refractivity contribution in [3.05, 3.63) is 29.8 Å². The highest BCUT2D eigenvalue weighted by atomic mass is 32.2. The summed E-state index contributed by atoms with van der Waals surface area (Å²) < 4.78 is 0. The minimum absolute atomic E-state index is 0.0432. The molecule has 0 fully saturated rings. The minimum Gasteiger partial charge on any atom is -0.370 e. The average molecular weight is 224 g/mol. The fourth-order valence-corrected chi connectivity index (χ4v) is 2.09. The van der Waals surface area contributed by atoms with Crippen molar-refractivity contribution in [3.8, 4) is 0 Å². The molecular formula is C11H16N2OS. The first kappa shape index (κ1) is 12.1. The SMILES string of the molecule is CC(N)c1cccc(SCCC(N)=O)c1. The van der Waals surface area contributed by atoms with Gasteiger partial charge in [-0.15, -0.1) is 11.8 Å². The maximum atomic E-state index is 10.6. The van der Waals surface area contributed by atoms with E-state index in [-0.39, 0.29) is 11.9 Å². The molecule has 1 rings (SSSR count). The molecule has 0 aromatic heterocycles. The molecule has 15 heavy (non-hydrogen) atoms. The van der Waals surface area contributed by atoms with Crippen LogP contribution >= 0.6 is 11.8 Å². The number of nitrogens with two attached hydrogens (primary N) is 2. The normalized spacial score (nSPS) is 12.4. The topological polar surface area (TPSA) is 69.1 Å². The molecule has 0 spiro atoms. The first-order valence-corrected chi connectivity index (χ1v) is 5.85. The van der Waals surface area contributed by atoms with Crippen LogP contribution in [0.2, 0.25) is 0 Å². The number of carbonyl (C=O) groups is 1. The molecule has 82 valence electrons. The number of thioether (sulfide) groups is 1. The van der Waals surface area contributed by atoms with Crippen molar-refractivity contribution in [2.75, 3.05) is 5.75 Å². The van der Waals surface area contributed by atoms with Crippen LogP contribution in [0.1, 0.15) is 24.9 Å². The molecule has 4 heteroatoms. The summed E-state index contributed by atoms with van der Waals surface area (Å²) in [5.74, 6) is 0.462. The summed E-state index contributed by atoms with van der Waals surface area (Å²) in [4.78, 5) is 11.7. The third-order valence-electron chi connectivity index (χ3n) is 2.00. The molecule has 0 aliphatic heterocycles. The molecule has 0 saturated carbocycles. The van der Waals surface area contributed by atoms with Crippen LogP contribution in [0.5, 0.6) is 0 Å². The van der Waals surface area contributed by atoms with Crippen LogP contribution in [0.4, 0.5) is 0 Å². The highest BCUT2D eigenvalue weighted by Crippen LogP contribution is 2.21. The van der Waals surface area contributed by atoms with Crippen molar-refractivity contribution in [3.63, 3.8) is 0 Å². The molecule has 0 saturated heterocycles. The number of hydrogen-bond donors (Lipinski definition) is 2. The molecule has 1 aromatic carbocycles. The smallest absolute Gasteiger partial charge is 0.218 e. The molecule has 4 N–H and O–H groups in total. The standard InChI is InChI=1S/C11H16N2OS/c1-8(12)9-3-2-4-10(7-9)15-6-5-11(13)14/h2-4,7-8H,5-6,12H2,1H3,(H2,13,14). The van der Waals surface area contributed by atoms with Crippen molar-refractivity contribution in [2.45, 2.75) is 24.3 Å². The molecule has 0 heterocycles. The Hall–Kier alpha value is -1.00. The summed E-state index contributed by atoms with van der Waals surface area (Å²) in [5.41, 5.74) is 11.9. The van der Waals surface area contributed by atoms with Crippen molar-refractivity contribution < 1.29 is 4.79 Å². The maximum absolute atomic E-state index is 10.6. The van der Waals surface area contributed by atoms with Gasteiger partial charge in [0.2, 0.25) is 5.91 Å². The molecular weight excluding hydrogens is 208 g/mol. The lowest BCUT2D eigenvalue weighted by Crippen LogP contribution is -2.10. The summed E-state index contributed by atoms with van der Waals surface area (Å²) >= 11 is 1.62. The van der Waals surface area contributed by atoms with Gasteiger partial charge >= 0.3 is 0 Å². The van der Waals surface area contributed by atoms with E-state index in [1.54, 1.807) is 11.8 Å². The Kier molecular flexibility index (Phi) is 4.65. The van der Waals surface area contributed by atoms with Crippen LogP contribution in [-0.2, 0) is 4.79 Å². The molecule has 0 aliphatic rings. The van der Waals surface area contributed by atoms with E-state index in [1.165, 1.54) is 0 Å². The second kappa shape index (κ2) is 5.78. The van der Waals surface area contributed by atoms with Gasteiger partial charge < -0.3 is 11.5 Å². The third kappa shape index (κ3) is 4.36. The van der Waals surface area contributed by atoms with Crippen LogP contribution in [-0.4, -0.2) is 11.7 Å². The zero-order valence-corrected chi connectivity index (χ0v) is 9.59. The predicted molar refractivity (Wildman–Crippen MR) is 63.6 cm³/mol. The number of hydrogen-bond acceptors (Lipinski definition) is 3. The Balaban J connectivity index is 2.54. The second-order valence-electron chi connectivity index (χ2n) is 3.43. The Labute approximate surface area is 94.2 Å². The van der Waals surface area contributed by atoms with Crippen molar-refractivity contribution in [2.24, 2.45) is 11.5 Å². The van der Waals surface area contributed by atoms with Gasteiger partial charge in [-0.3, -0.25) is 4.79 Å². The van der Waals surface area contributed by atoms with Crippen LogP contribution < -0.4 is 11.5 Å². The fourth-order valence-electron chi connectivity index (χ4n) is 1.16. The Morgan fingerprint density at radius 2 is 2.27 bits per heavy atom. The minimum atomic E-state index is -0.258. The number of benzene rings is 1. The largest absolute Gasteiger partial charge is 0.370 e. The molecule has 1 aromatic rings. The maximum Gasteiger partial charge on any atom is 0.218 e. The summed E-state index contributed by atoms with van der Waals surface area (Å²) in [6.07, 6.45) is 0.410. The highest BCUT2D eigenvalue weighted by Gasteiger charge is 2.01. The van der Waals surface area contributed by atoms with Gasteiger partial charge in [0.1, 0.15) is 0 Å². The first-order valence-electron chi connectivity index (χ1n) is 4.86. The van der Waals surface area contributed by atoms with Crippen LogP contribution in [0.3, 0.4) is 0 Å². The van der Waals surface area contributed by atoms with Crippen LogP contribution in [0.15, 0.2) is 29.2 Å².